The van der Waals surface area contributed by atoms with Gasteiger partial charge in [-0.3, -0.25) is 4.79 Å². The minimum Gasteiger partial charge on any atom is -0.497 e. The van der Waals surface area contributed by atoms with Crippen molar-refractivity contribution in [3.05, 3.63) is 102 Å². The van der Waals surface area contributed by atoms with Crippen molar-refractivity contribution in [1.82, 2.24) is 14.6 Å². The Morgan fingerprint density at radius 2 is 1.71 bits per heavy atom. The first kappa shape index (κ1) is 20.2. The van der Waals surface area contributed by atoms with E-state index in [2.05, 4.69) is 27.2 Å². The van der Waals surface area contributed by atoms with Gasteiger partial charge in [-0.05, 0) is 74.5 Å². The van der Waals surface area contributed by atoms with E-state index in [0.29, 0.717) is 5.56 Å². The first-order valence-electron chi connectivity index (χ1n) is 9.96. The fourth-order valence-corrected chi connectivity index (χ4v) is 3.50. The van der Waals surface area contributed by atoms with Crippen LogP contribution in [0.25, 0.3) is 11.4 Å². The fourth-order valence-electron chi connectivity index (χ4n) is 3.50. The van der Waals surface area contributed by atoms with Gasteiger partial charge in [0.05, 0.1) is 13.3 Å². The molecule has 0 unspecified atom stereocenters. The molecule has 4 aromatic rings. The molecular weight excluding hydrogens is 388 g/mol. The summed E-state index contributed by atoms with van der Waals surface area (Å²) in [5.74, 6) is 0.557. The molecule has 0 radical (unpaired) electrons. The first-order chi connectivity index (χ1) is 15.0. The van der Waals surface area contributed by atoms with Crippen molar-refractivity contribution in [1.29, 1.82) is 0 Å². The Morgan fingerprint density at radius 1 is 0.968 bits per heavy atom. The van der Waals surface area contributed by atoms with Gasteiger partial charge in [0.2, 0.25) is 0 Å². The van der Waals surface area contributed by atoms with Crippen LogP contribution in [0.15, 0.2) is 84.2 Å². The van der Waals surface area contributed by atoms with E-state index in [4.69, 9.17) is 4.74 Å². The van der Waals surface area contributed by atoms with Crippen LogP contribution >= 0.6 is 0 Å². The number of benzene rings is 2. The number of aromatic nitrogens is 2. The maximum atomic E-state index is 12.6. The molecule has 0 spiro atoms. The van der Waals surface area contributed by atoms with Gasteiger partial charge in [0.25, 0.3) is 5.91 Å². The van der Waals surface area contributed by atoms with Crippen LogP contribution in [0.4, 0.5) is 0 Å². The normalized spacial score (nSPS) is 11.1. The molecular formula is C25H24N4O2. The molecule has 0 saturated heterocycles. The molecule has 1 N–H and O–H groups in total. The van der Waals surface area contributed by atoms with Crippen molar-refractivity contribution < 1.29 is 9.53 Å². The SMILES string of the molecule is COc1ccc(-n2ccc(/C=N\NC(=O)c3cccc(-n4c(C)ccc4C)c3)c2)cc1. The third-order valence-corrected chi connectivity index (χ3v) is 5.10. The number of ether oxygens (including phenoxy) is 1. The highest BCUT2D eigenvalue weighted by atomic mass is 16.5. The van der Waals surface area contributed by atoms with Gasteiger partial charge in [0.15, 0.2) is 0 Å². The minimum atomic E-state index is -0.254. The standard InChI is InChI=1S/C25H24N4O2/c1-18-7-8-19(2)29(18)23-6-4-5-21(15-23)25(30)27-26-16-20-13-14-28(17-20)22-9-11-24(31-3)12-10-22/h4-17H,1-3H3,(H,27,30)/b26-16-. The zero-order chi connectivity index (χ0) is 21.8. The number of aryl methyl sites for hydroxylation is 2. The van der Waals surface area contributed by atoms with Crippen LogP contribution in [0, 0.1) is 13.8 Å². The zero-order valence-electron chi connectivity index (χ0n) is 17.7. The molecule has 0 aliphatic heterocycles. The number of rotatable bonds is 6. The van der Waals surface area contributed by atoms with Gasteiger partial charge < -0.3 is 13.9 Å². The van der Waals surface area contributed by atoms with E-state index < -0.39 is 0 Å². The zero-order valence-corrected chi connectivity index (χ0v) is 17.7. The molecule has 4 rings (SSSR count). The largest absolute Gasteiger partial charge is 0.497 e. The van der Waals surface area contributed by atoms with Crippen LogP contribution < -0.4 is 10.2 Å². The summed E-state index contributed by atoms with van der Waals surface area (Å²) in [6.45, 7) is 4.09. The fraction of sp³-hybridized carbons (Fsp3) is 0.120. The van der Waals surface area contributed by atoms with Crippen molar-refractivity contribution in [2.24, 2.45) is 5.10 Å². The molecule has 2 aromatic heterocycles. The lowest BCUT2D eigenvalue weighted by molar-refractivity contribution is 0.0955. The highest BCUT2D eigenvalue weighted by Gasteiger charge is 2.09. The maximum Gasteiger partial charge on any atom is 0.271 e. The minimum absolute atomic E-state index is 0.254. The second-order valence-electron chi connectivity index (χ2n) is 7.25. The molecule has 2 heterocycles. The number of amides is 1. The van der Waals surface area contributed by atoms with Gasteiger partial charge >= 0.3 is 0 Å². The molecule has 0 aliphatic rings. The monoisotopic (exact) mass is 412 g/mol. The van der Waals surface area contributed by atoms with Crippen LogP contribution in [0.1, 0.15) is 27.3 Å². The molecule has 0 bridgehead atoms. The summed E-state index contributed by atoms with van der Waals surface area (Å²) >= 11 is 0. The van der Waals surface area contributed by atoms with Crippen LogP contribution in [-0.2, 0) is 0 Å². The quantitative estimate of drug-likeness (QED) is 0.370. The number of nitrogens with zero attached hydrogens (tertiary/aromatic N) is 3. The predicted molar refractivity (Wildman–Crippen MR) is 123 cm³/mol. The number of carbonyl (C=O) groups excluding carboxylic acids is 1. The highest BCUT2D eigenvalue weighted by molar-refractivity contribution is 5.95. The number of methoxy groups -OCH3 is 1. The lowest BCUT2D eigenvalue weighted by atomic mass is 10.2. The molecule has 31 heavy (non-hydrogen) atoms. The summed E-state index contributed by atoms with van der Waals surface area (Å²) in [4.78, 5) is 12.6. The molecule has 2 aromatic carbocycles. The summed E-state index contributed by atoms with van der Waals surface area (Å²) in [7, 11) is 1.65. The average molecular weight is 412 g/mol. The molecule has 0 atom stereocenters. The molecule has 6 heteroatoms. The van der Waals surface area contributed by atoms with Gasteiger partial charge in [0, 0.05) is 46.3 Å². The van der Waals surface area contributed by atoms with Crippen molar-refractivity contribution in [2.75, 3.05) is 7.11 Å². The molecule has 0 aliphatic carbocycles. The van der Waals surface area contributed by atoms with Crippen molar-refractivity contribution in [3.63, 3.8) is 0 Å². The van der Waals surface area contributed by atoms with Gasteiger partial charge in [0.1, 0.15) is 5.75 Å². The van der Waals surface area contributed by atoms with Gasteiger partial charge in [-0.2, -0.15) is 5.10 Å². The molecule has 156 valence electrons. The predicted octanol–water partition coefficient (Wildman–Crippen LogP) is 4.66. The Balaban J connectivity index is 1.43. The number of nitrogens with one attached hydrogen (secondary N) is 1. The van der Waals surface area contributed by atoms with E-state index in [9.17, 15) is 4.79 Å². The van der Waals surface area contributed by atoms with Crippen LogP contribution in [0.2, 0.25) is 0 Å². The van der Waals surface area contributed by atoms with Crippen LogP contribution in [-0.4, -0.2) is 28.4 Å². The molecule has 0 saturated carbocycles. The van der Waals surface area contributed by atoms with Crippen molar-refractivity contribution in [2.45, 2.75) is 13.8 Å². The summed E-state index contributed by atoms with van der Waals surface area (Å²) in [5.41, 5.74) is 8.24. The summed E-state index contributed by atoms with van der Waals surface area (Å²) in [6.07, 6.45) is 5.51. The van der Waals surface area contributed by atoms with Gasteiger partial charge in [-0.25, -0.2) is 5.43 Å². The first-order valence-corrected chi connectivity index (χ1v) is 9.96. The number of hydrogen-bond acceptors (Lipinski definition) is 3. The Hall–Kier alpha value is -4.06. The summed E-state index contributed by atoms with van der Waals surface area (Å²) in [6, 6.07) is 21.3. The van der Waals surface area contributed by atoms with E-state index in [1.54, 1.807) is 19.4 Å². The number of hydrogen-bond donors (Lipinski definition) is 1. The van der Waals surface area contributed by atoms with E-state index in [0.717, 1.165) is 34.1 Å². The van der Waals surface area contributed by atoms with Crippen LogP contribution in [0.5, 0.6) is 5.75 Å². The summed E-state index contributed by atoms with van der Waals surface area (Å²) in [5, 5.41) is 4.12. The second-order valence-corrected chi connectivity index (χ2v) is 7.25. The Labute approximate surface area is 181 Å². The second kappa shape index (κ2) is 8.75. The van der Waals surface area contributed by atoms with Crippen LogP contribution in [0.3, 0.4) is 0 Å². The Bertz CT molecular complexity index is 1210. The lowest BCUT2D eigenvalue weighted by Gasteiger charge is -2.10. The number of carbonyl (C=O) groups is 1. The van der Waals surface area contributed by atoms with E-state index in [-0.39, 0.29) is 5.91 Å². The maximum absolute atomic E-state index is 12.6. The van der Waals surface area contributed by atoms with Gasteiger partial charge in [-0.15, -0.1) is 0 Å². The van der Waals surface area contributed by atoms with E-state index in [1.807, 2.05) is 79.3 Å². The Morgan fingerprint density at radius 3 is 2.42 bits per heavy atom. The van der Waals surface area contributed by atoms with Crippen molar-refractivity contribution in [3.8, 4) is 17.1 Å². The van der Waals surface area contributed by atoms with Crippen molar-refractivity contribution >= 4 is 12.1 Å². The molecule has 0 fully saturated rings. The summed E-state index contributed by atoms with van der Waals surface area (Å²) < 4.78 is 9.28. The highest BCUT2D eigenvalue weighted by Crippen LogP contribution is 2.18. The average Bonchev–Trinajstić information content (AvgIpc) is 3.40. The lowest BCUT2D eigenvalue weighted by Crippen LogP contribution is -2.18. The van der Waals surface area contributed by atoms with Gasteiger partial charge in [-0.1, -0.05) is 6.07 Å². The Kier molecular flexibility index (Phi) is 5.71. The topological polar surface area (TPSA) is 60.5 Å². The van der Waals surface area contributed by atoms with E-state index >= 15 is 0 Å². The third kappa shape index (κ3) is 4.43. The number of hydrazone groups is 1. The molecule has 6 nitrogen and oxygen atoms in total. The third-order valence-electron chi connectivity index (χ3n) is 5.10. The molecule has 1 amide bonds. The van der Waals surface area contributed by atoms with E-state index in [1.165, 1.54) is 0 Å². The smallest absolute Gasteiger partial charge is 0.271 e.